The number of hydrogen-bond acceptors (Lipinski definition) is 4. The number of amides is 2. The second kappa shape index (κ2) is 5.47. The van der Waals surface area contributed by atoms with Gasteiger partial charge in [0, 0.05) is 18.8 Å². The van der Waals surface area contributed by atoms with E-state index in [1.165, 1.54) is 0 Å². The van der Waals surface area contributed by atoms with Gasteiger partial charge in [0.1, 0.15) is 6.04 Å². The summed E-state index contributed by atoms with van der Waals surface area (Å²) < 4.78 is 5.81. The maximum atomic E-state index is 12.8. The third-order valence-corrected chi connectivity index (χ3v) is 6.30. The molecule has 0 aromatic heterocycles. The van der Waals surface area contributed by atoms with Crippen molar-refractivity contribution in [3.8, 4) is 0 Å². The summed E-state index contributed by atoms with van der Waals surface area (Å²) in [6, 6.07) is -0.236. The maximum absolute atomic E-state index is 12.8. The molecular formula is C15H22N2O3S. The second-order valence-electron chi connectivity index (χ2n) is 6.57. The van der Waals surface area contributed by atoms with Crippen LogP contribution in [0.15, 0.2) is 0 Å². The minimum atomic E-state index is -0.236. The van der Waals surface area contributed by atoms with E-state index >= 15 is 0 Å². The summed E-state index contributed by atoms with van der Waals surface area (Å²) in [6.45, 7) is 1.72. The van der Waals surface area contributed by atoms with Gasteiger partial charge in [0.25, 0.3) is 0 Å². The standard InChI is InChI=1S/C15H22N2O3S/c18-14(11-7-10-3-4-13(11)20-10)17-9-21-8-12(17)15(19)16-5-1-2-6-16/h10-13H,1-9H2/t10-,11-,12+,13-/m1/s1. The average molecular weight is 310 g/mol. The Hall–Kier alpha value is -0.750. The van der Waals surface area contributed by atoms with Gasteiger partial charge in [0.2, 0.25) is 11.8 Å². The summed E-state index contributed by atoms with van der Waals surface area (Å²) >= 11 is 1.70. The van der Waals surface area contributed by atoms with Crippen molar-refractivity contribution in [3.63, 3.8) is 0 Å². The number of likely N-dealkylation sites (tertiary alicyclic amines) is 1. The molecular weight excluding hydrogens is 288 g/mol. The number of fused-ring (bicyclic) bond motifs is 2. The molecule has 4 fully saturated rings. The molecule has 0 N–H and O–H groups in total. The summed E-state index contributed by atoms with van der Waals surface area (Å²) in [5, 5.41) is 0. The number of carbonyl (C=O) groups is 2. The molecule has 0 aromatic rings. The SMILES string of the molecule is O=C([C@@H]1CSCN1C(=O)[C@@H]1C[C@H]2CC[C@H]1O2)N1CCCC1. The molecule has 0 spiro atoms. The highest BCUT2D eigenvalue weighted by atomic mass is 32.2. The van der Waals surface area contributed by atoms with Crippen molar-refractivity contribution in [2.45, 2.75) is 50.4 Å². The van der Waals surface area contributed by atoms with Crippen molar-refractivity contribution in [1.82, 2.24) is 9.80 Å². The highest BCUT2D eigenvalue weighted by Crippen LogP contribution is 2.40. The fraction of sp³-hybridized carbons (Fsp3) is 0.867. The summed E-state index contributed by atoms with van der Waals surface area (Å²) in [5.41, 5.74) is 0. The summed E-state index contributed by atoms with van der Waals surface area (Å²) in [7, 11) is 0. The monoisotopic (exact) mass is 310 g/mol. The van der Waals surface area contributed by atoms with Gasteiger partial charge in [-0.15, -0.1) is 11.8 Å². The van der Waals surface area contributed by atoms with Crippen LogP contribution in [0.25, 0.3) is 0 Å². The van der Waals surface area contributed by atoms with Crippen molar-refractivity contribution in [2.75, 3.05) is 24.7 Å². The van der Waals surface area contributed by atoms with Gasteiger partial charge in [0.05, 0.1) is 24.0 Å². The minimum absolute atomic E-state index is 0.00340. The van der Waals surface area contributed by atoms with E-state index in [0.29, 0.717) is 5.88 Å². The van der Waals surface area contributed by atoms with Gasteiger partial charge >= 0.3 is 0 Å². The van der Waals surface area contributed by atoms with Gasteiger partial charge in [-0.1, -0.05) is 0 Å². The molecule has 21 heavy (non-hydrogen) atoms. The minimum Gasteiger partial charge on any atom is -0.374 e. The topological polar surface area (TPSA) is 49.9 Å². The Morgan fingerprint density at radius 2 is 1.90 bits per heavy atom. The van der Waals surface area contributed by atoms with E-state index in [4.69, 9.17) is 4.74 Å². The molecule has 4 atom stereocenters. The lowest BCUT2D eigenvalue weighted by atomic mass is 9.88. The van der Waals surface area contributed by atoms with Crippen molar-refractivity contribution in [3.05, 3.63) is 0 Å². The smallest absolute Gasteiger partial charge is 0.246 e. The van der Waals surface area contributed by atoms with E-state index in [9.17, 15) is 9.59 Å². The first kappa shape index (κ1) is 13.9. The molecule has 5 nitrogen and oxygen atoms in total. The Kier molecular flexibility index (Phi) is 3.61. The van der Waals surface area contributed by atoms with E-state index in [-0.39, 0.29) is 36.0 Å². The van der Waals surface area contributed by atoms with Gasteiger partial charge in [-0.25, -0.2) is 0 Å². The van der Waals surface area contributed by atoms with Gasteiger partial charge in [0.15, 0.2) is 0 Å². The van der Waals surface area contributed by atoms with E-state index in [1.807, 2.05) is 9.80 Å². The van der Waals surface area contributed by atoms with Gasteiger partial charge in [-0.3, -0.25) is 9.59 Å². The Morgan fingerprint density at radius 3 is 2.57 bits per heavy atom. The maximum Gasteiger partial charge on any atom is 0.246 e. The molecule has 0 aromatic carbocycles. The Balaban J connectivity index is 1.45. The summed E-state index contributed by atoms with van der Waals surface area (Å²) in [6.07, 6.45) is 5.55. The molecule has 116 valence electrons. The van der Waals surface area contributed by atoms with Crippen molar-refractivity contribution < 1.29 is 14.3 Å². The molecule has 4 saturated heterocycles. The van der Waals surface area contributed by atoms with Crippen LogP contribution in [0.2, 0.25) is 0 Å². The first-order valence-corrected chi connectivity index (χ1v) is 9.22. The van der Waals surface area contributed by atoms with Crippen LogP contribution in [0, 0.1) is 5.92 Å². The highest BCUT2D eigenvalue weighted by Gasteiger charge is 2.48. The molecule has 0 radical (unpaired) electrons. The van der Waals surface area contributed by atoms with Crippen molar-refractivity contribution in [1.29, 1.82) is 0 Å². The first-order valence-electron chi connectivity index (χ1n) is 8.06. The average Bonchev–Trinajstić information content (AvgIpc) is 3.29. The van der Waals surface area contributed by atoms with Crippen LogP contribution in [-0.2, 0) is 14.3 Å². The molecule has 2 bridgehead atoms. The number of carbonyl (C=O) groups excluding carboxylic acids is 2. The Bertz CT molecular complexity index is 452. The number of ether oxygens (including phenoxy) is 1. The molecule has 0 aliphatic carbocycles. The van der Waals surface area contributed by atoms with E-state index in [1.54, 1.807) is 11.8 Å². The third kappa shape index (κ3) is 2.36. The molecule has 4 heterocycles. The molecule has 4 aliphatic rings. The molecule has 2 amide bonds. The molecule has 0 saturated carbocycles. The van der Waals surface area contributed by atoms with Gasteiger partial charge < -0.3 is 14.5 Å². The van der Waals surface area contributed by atoms with Crippen LogP contribution < -0.4 is 0 Å². The van der Waals surface area contributed by atoms with Gasteiger partial charge in [-0.05, 0) is 32.1 Å². The number of nitrogens with zero attached hydrogens (tertiary/aromatic N) is 2. The fourth-order valence-corrected chi connectivity index (χ4v) is 5.28. The van der Waals surface area contributed by atoms with E-state index in [2.05, 4.69) is 0 Å². The van der Waals surface area contributed by atoms with E-state index < -0.39 is 0 Å². The quantitative estimate of drug-likeness (QED) is 0.766. The normalized spacial score (nSPS) is 38.5. The van der Waals surface area contributed by atoms with Crippen LogP contribution in [-0.4, -0.2) is 64.6 Å². The molecule has 4 rings (SSSR count). The number of hydrogen-bond donors (Lipinski definition) is 0. The molecule has 6 heteroatoms. The Morgan fingerprint density at radius 1 is 1.10 bits per heavy atom. The fourth-order valence-electron chi connectivity index (χ4n) is 4.12. The van der Waals surface area contributed by atoms with Crippen LogP contribution in [0.4, 0.5) is 0 Å². The summed E-state index contributed by atoms with van der Waals surface area (Å²) in [4.78, 5) is 29.2. The zero-order chi connectivity index (χ0) is 14.4. The number of rotatable bonds is 2. The van der Waals surface area contributed by atoms with Crippen LogP contribution in [0.1, 0.15) is 32.1 Å². The summed E-state index contributed by atoms with van der Waals surface area (Å²) in [5.74, 6) is 1.73. The second-order valence-corrected chi connectivity index (χ2v) is 7.57. The van der Waals surface area contributed by atoms with Crippen LogP contribution in [0.5, 0.6) is 0 Å². The Labute approximate surface area is 129 Å². The lowest BCUT2D eigenvalue weighted by Gasteiger charge is -2.30. The zero-order valence-corrected chi connectivity index (χ0v) is 13.0. The predicted molar refractivity (Wildman–Crippen MR) is 79.8 cm³/mol. The number of thioether (sulfide) groups is 1. The zero-order valence-electron chi connectivity index (χ0n) is 12.2. The third-order valence-electron chi connectivity index (χ3n) is 5.29. The highest BCUT2D eigenvalue weighted by molar-refractivity contribution is 7.99. The molecule has 4 aliphatic heterocycles. The van der Waals surface area contributed by atoms with Crippen molar-refractivity contribution >= 4 is 23.6 Å². The largest absolute Gasteiger partial charge is 0.374 e. The first-order chi connectivity index (χ1) is 10.2. The van der Waals surface area contributed by atoms with Crippen LogP contribution >= 0.6 is 11.8 Å². The van der Waals surface area contributed by atoms with Crippen LogP contribution in [0.3, 0.4) is 0 Å². The van der Waals surface area contributed by atoms with E-state index in [0.717, 1.165) is 50.9 Å². The lowest BCUT2D eigenvalue weighted by molar-refractivity contribution is -0.146. The predicted octanol–water partition coefficient (Wildman–Crippen LogP) is 1.08. The molecule has 0 unspecified atom stereocenters. The van der Waals surface area contributed by atoms with Gasteiger partial charge in [-0.2, -0.15) is 0 Å². The van der Waals surface area contributed by atoms with Crippen molar-refractivity contribution in [2.24, 2.45) is 5.92 Å². The lowest BCUT2D eigenvalue weighted by Crippen LogP contribution is -2.50.